The number of hydrogen-bond donors (Lipinski definition) is 0. The van der Waals surface area contributed by atoms with Gasteiger partial charge in [-0.15, -0.1) is 0 Å². The quantitative estimate of drug-likeness (QED) is 0.186. The molecule has 0 saturated carbocycles. The zero-order valence-corrected chi connectivity index (χ0v) is 32.7. The van der Waals surface area contributed by atoms with E-state index in [2.05, 4.69) is 114 Å². The molecule has 0 aromatic carbocycles. The summed E-state index contributed by atoms with van der Waals surface area (Å²) in [5, 5.41) is 0. The van der Waals surface area contributed by atoms with Gasteiger partial charge in [-0.05, 0) is 79.6 Å². The zero-order chi connectivity index (χ0) is 33.4. The Morgan fingerprint density at radius 3 is 2.14 bits per heavy atom. The van der Waals surface area contributed by atoms with Gasteiger partial charge in [-0.1, -0.05) is 87.5 Å². The van der Waals surface area contributed by atoms with Crippen LogP contribution in [0.15, 0.2) is 23.8 Å². The van der Waals surface area contributed by atoms with E-state index in [-0.39, 0.29) is 64.1 Å². The first-order chi connectivity index (χ1) is 20.0. The van der Waals surface area contributed by atoms with Crippen LogP contribution in [0.3, 0.4) is 0 Å². The molecular weight excluding hydrogens is 585 g/mol. The molecule has 0 radical (unpaired) electrons. The Labute approximate surface area is 272 Å². The first-order valence-electron chi connectivity index (χ1n) is 17.2. The monoisotopic (exact) mass is 648 g/mol. The van der Waals surface area contributed by atoms with Crippen LogP contribution >= 0.6 is 0 Å². The van der Waals surface area contributed by atoms with Crippen LogP contribution in [-0.4, -0.2) is 53.9 Å². The van der Waals surface area contributed by atoms with Gasteiger partial charge in [0, 0.05) is 17.8 Å². The van der Waals surface area contributed by atoms with Crippen molar-refractivity contribution in [2.75, 3.05) is 0 Å². The highest BCUT2D eigenvalue weighted by Crippen LogP contribution is 2.53. The third-order valence-corrected chi connectivity index (χ3v) is 11.5. The molecule has 252 valence electrons. The number of carbonyl (C=O) groups is 2. The lowest BCUT2D eigenvalue weighted by Gasteiger charge is -2.54. The van der Waals surface area contributed by atoms with Gasteiger partial charge in [0.1, 0.15) is 18.3 Å². The molecule has 6 nitrogen and oxygen atoms in total. The summed E-state index contributed by atoms with van der Waals surface area (Å²) in [7, 11) is -2.97. The van der Waals surface area contributed by atoms with Crippen LogP contribution < -0.4 is 0 Å². The van der Waals surface area contributed by atoms with E-state index in [0.717, 1.165) is 19.3 Å². The van der Waals surface area contributed by atoms with Crippen LogP contribution in [0.25, 0.3) is 0 Å². The summed E-state index contributed by atoms with van der Waals surface area (Å²) in [4.78, 5) is 26.8. The molecule has 0 N–H and O–H groups in total. The Hall–Kier alpha value is -1.23. The van der Waals surface area contributed by atoms with Gasteiger partial charge >= 0.3 is 11.9 Å². The second-order valence-corrected chi connectivity index (χ2v) is 22.5. The van der Waals surface area contributed by atoms with Gasteiger partial charge in [-0.2, -0.15) is 0 Å². The standard InChI is InChI=1S/C36H64O6Si2/c1-23-15-16-24-19-25(34(5,6)7)20-28(40-29(37)22-33(2,3)4)30(24)36(23,42-44(13)14)18-17-26-21-27(35(8,9)10)31(32(38)39-26)41-43(11)12/h15-16,19,23,25-28,30-31,43-44H,17-18,20-22H2,1-14H3/t23-,25+,26+,27-,28-,30+,31?,36-/m0/s1. The van der Waals surface area contributed by atoms with Crippen molar-refractivity contribution in [3.05, 3.63) is 23.8 Å². The Kier molecular flexibility index (Phi) is 11.7. The molecular formula is C36H64O6Si2. The average Bonchev–Trinajstić information content (AvgIpc) is 2.83. The summed E-state index contributed by atoms with van der Waals surface area (Å²) in [6.07, 6.45) is 9.39. The van der Waals surface area contributed by atoms with Crippen molar-refractivity contribution < 1.29 is 27.9 Å². The highest BCUT2D eigenvalue weighted by atomic mass is 28.3. The normalized spacial score (nSPS) is 33.2. The van der Waals surface area contributed by atoms with Gasteiger partial charge in [0.05, 0.1) is 12.0 Å². The molecule has 3 aliphatic rings. The molecule has 8 atom stereocenters. The van der Waals surface area contributed by atoms with Crippen LogP contribution in [-0.2, 0) is 27.9 Å². The van der Waals surface area contributed by atoms with Crippen molar-refractivity contribution >= 4 is 30.0 Å². The number of carbonyl (C=O) groups excluding carboxylic acids is 2. The van der Waals surface area contributed by atoms with E-state index in [1.54, 1.807) is 0 Å². The molecule has 3 rings (SSSR count). The van der Waals surface area contributed by atoms with Crippen molar-refractivity contribution in [1.29, 1.82) is 0 Å². The molecule has 1 unspecified atom stereocenters. The Balaban J connectivity index is 2.01. The molecule has 44 heavy (non-hydrogen) atoms. The minimum absolute atomic E-state index is 0.0373. The van der Waals surface area contributed by atoms with Crippen molar-refractivity contribution in [2.24, 2.45) is 39.9 Å². The minimum atomic E-state index is -1.54. The predicted octanol–water partition coefficient (Wildman–Crippen LogP) is 8.01. The van der Waals surface area contributed by atoms with Crippen LogP contribution in [0.4, 0.5) is 0 Å². The molecule has 0 aromatic heterocycles. The van der Waals surface area contributed by atoms with Crippen molar-refractivity contribution in [1.82, 2.24) is 0 Å². The van der Waals surface area contributed by atoms with Gasteiger partial charge in [0.15, 0.2) is 18.1 Å². The van der Waals surface area contributed by atoms with Gasteiger partial charge in [0.25, 0.3) is 0 Å². The summed E-state index contributed by atoms with van der Waals surface area (Å²) >= 11 is 0. The van der Waals surface area contributed by atoms with Gasteiger partial charge in [0.2, 0.25) is 0 Å². The molecule has 1 heterocycles. The van der Waals surface area contributed by atoms with Crippen LogP contribution in [0, 0.1) is 39.9 Å². The highest BCUT2D eigenvalue weighted by molar-refractivity contribution is 6.48. The fourth-order valence-electron chi connectivity index (χ4n) is 7.55. The third kappa shape index (κ3) is 9.19. The minimum Gasteiger partial charge on any atom is -0.462 e. The van der Waals surface area contributed by atoms with E-state index >= 15 is 0 Å². The number of hydrogen-bond acceptors (Lipinski definition) is 6. The second-order valence-electron chi connectivity index (χ2n) is 17.8. The maximum Gasteiger partial charge on any atom is 0.334 e. The molecule has 0 bridgehead atoms. The zero-order valence-electron chi connectivity index (χ0n) is 30.4. The van der Waals surface area contributed by atoms with Crippen molar-refractivity contribution in [3.63, 3.8) is 0 Å². The summed E-state index contributed by atoms with van der Waals surface area (Å²) in [5.74, 6) is 0.0700. The number of cyclic esters (lactones) is 1. The van der Waals surface area contributed by atoms with Crippen LogP contribution in [0.1, 0.15) is 101 Å². The van der Waals surface area contributed by atoms with Crippen molar-refractivity contribution in [3.8, 4) is 0 Å². The lowest BCUT2D eigenvalue weighted by atomic mass is 9.59. The Morgan fingerprint density at radius 1 is 0.977 bits per heavy atom. The predicted molar refractivity (Wildman–Crippen MR) is 185 cm³/mol. The fourth-order valence-corrected chi connectivity index (χ4v) is 9.80. The fraction of sp³-hybridized carbons (Fsp3) is 0.833. The molecule has 0 aromatic rings. The van der Waals surface area contributed by atoms with E-state index in [9.17, 15) is 9.59 Å². The summed E-state index contributed by atoms with van der Waals surface area (Å²) in [6, 6.07) is 0. The molecule has 1 saturated heterocycles. The molecule has 0 amide bonds. The Morgan fingerprint density at radius 2 is 1.61 bits per heavy atom. The Bertz CT molecular complexity index is 1080. The number of ether oxygens (including phenoxy) is 2. The maximum absolute atomic E-state index is 13.4. The first kappa shape index (κ1) is 37.2. The van der Waals surface area contributed by atoms with Gasteiger partial charge in [-0.25, -0.2) is 4.79 Å². The molecule has 8 heteroatoms. The molecule has 1 aliphatic heterocycles. The third-order valence-electron chi connectivity index (χ3n) is 9.80. The summed E-state index contributed by atoms with van der Waals surface area (Å²) in [6.45, 7) is 30.6. The maximum atomic E-state index is 13.4. The van der Waals surface area contributed by atoms with E-state index in [1.165, 1.54) is 5.57 Å². The first-order valence-corrected chi connectivity index (χ1v) is 22.7. The number of esters is 2. The van der Waals surface area contributed by atoms with E-state index in [0.29, 0.717) is 12.8 Å². The number of fused-ring (bicyclic) bond motifs is 1. The average molecular weight is 649 g/mol. The van der Waals surface area contributed by atoms with E-state index < -0.39 is 29.8 Å². The van der Waals surface area contributed by atoms with Gasteiger partial charge < -0.3 is 18.3 Å². The second kappa shape index (κ2) is 13.9. The summed E-state index contributed by atoms with van der Waals surface area (Å²) < 4.78 is 26.1. The molecule has 0 spiro atoms. The SMILES string of the molecule is C[C@H]1C=CC2=C[C@@H](C(C)(C)C)C[C@H](OC(=O)CC(C)(C)C)[C@@H]2[C@@]1(CC[C@@H]1C[C@H](C(C)(C)C)C(O[SiH](C)C)C(=O)O1)O[SiH](C)C. The molecule has 1 fully saturated rings. The van der Waals surface area contributed by atoms with E-state index in [1.807, 2.05) is 0 Å². The lowest BCUT2D eigenvalue weighted by Crippen LogP contribution is -2.58. The smallest absolute Gasteiger partial charge is 0.334 e. The van der Waals surface area contributed by atoms with Crippen LogP contribution in [0.2, 0.25) is 26.2 Å². The van der Waals surface area contributed by atoms with E-state index in [4.69, 9.17) is 18.3 Å². The number of rotatable bonds is 9. The van der Waals surface area contributed by atoms with Gasteiger partial charge in [-0.3, -0.25) is 4.79 Å². The summed E-state index contributed by atoms with van der Waals surface area (Å²) in [5.41, 5.74) is 0.480. The highest BCUT2D eigenvalue weighted by Gasteiger charge is 2.55. The van der Waals surface area contributed by atoms with Crippen molar-refractivity contribution in [2.45, 2.75) is 151 Å². The largest absolute Gasteiger partial charge is 0.462 e. The molecule has 2 aliphatic carbocycles. The topological polar surface area (TPSA) is 71.1 Å². The lowest BCUT2D eigenvalue weighted by molar-refractivity contribution is -0.179. The van der Waals surface area contributed by atoms with Crippen LogP contribution in [0.5, 0.6) is 0 Å². The number of allylic oxidation sites excluding steroid dienone is 2.